The molecule has 3 aromatic heterocycles. The third-order valence-corrected chi connectivity index (χ3v) is 4.33. The molecule has 0 spiro atoms. The van der Waals surface area contributed by atoms with Crippen LogP contribution in [0.2, 0.25) is 0 Å². The molecule has 0 aliphatic carbocycles. The zero-order valence-corrected chi connectivity index (χ0v) is 15.5. The highest BCUT2D eigenvalue weighted by Gasteiger charge is 2.22. The van der Waals surface area contributed by atoms with Crippen molar-refractivity contribution >= 4 is 0 Å². The number of methoxy groups -OCH3 is 2. The van der Waals surface area contributed by atoms with Crippen LogP contribution in [-0.2, 0) is 7.05 Å². The third-order valence-electron chi connectivity index (χ3n) is 4.33. The number of nitrogens with one attached hydrogen (secondary N) is 1. The van der Waals surface area contributed by atoms with Crippen LogP contribution in [0.15, 0.2) is 36.7 Å². The van der Waals surface area contributed by atoms with Gasteiger partial charge in [0.1, 0.15) is 0 Å². The number of nitrogens with zero attached hydrogens (tertiary/aromatic N) is 6. The average Bonchev–Trinajstić information content (AvgIpc) is 3.40. The van der Waals surface area contributed by atoms with Crippen molar-refractivity contribution in [2.24, 2.45) is 7.05 Å². The van der Waals surface area contributed by atoms with Gasteiger partial charge < -0.3 is 9.47 Å². The Morgan fingerprint density at radius 3 is 2.56 bits per heavy atom. The quantitative estimate of drug-likeness (QED) is 0.583. The molecule has 0 amide bonds. The Balaban J connectivity index is 1.99. The molecule has 0 radical (unpaired) electrons. The van der Waals surface area contributed by atoms with E-state index >= 15 is 0 Å². The highest BCUT2D eigenvalue weighted by atomic mass is 16.5. The van der Waals surface area contributed by atoms with E-state index in [1.165, 1.54) is 0 Å². The molecule has 27 heavy (non-hydrogen) atoms. The second kappa shape index (κ2) is 6.60. The zero-order valence-electron chi connectivity index (χ0n) is 15.5. The van der Waals surface area contributed by atoms with E-state index in [2.05, 4.69) is 15.3 Å². The molecule has 4 rings (SSSR count). The van der Waals surface area contributed by atoms with E-state index in [1.807, 2.05) is 38.2 Å². The van der Waals surface area contributed by atoms with Gasteiger partial charge in [0, 0.05) is 18.8 Å². The van der Waals surface area contributed by atoms with Gasteiger partial charge in [0.05, 0.1) is 37.7 Å². The van der Waals surface area contributed by atoms with Crippen LogP contribution >= 0.6 is 0 Å². The number of aromatic amines is 1. The number of hydrogen-bond acceptors (Lipinski definition) is 6. The van der Waals surface area contributed by atoms with Gasteiger partial charge in [-0.2, -0.15) is 14.9 Å². The second-order valence-corrected chi connectivity index (χ2v) is 5.93. The predicted octanol–water partition coefficient (Wildman–Crippen LogP) is 2.38. The van der Waals surface area contributed by atoms with Crippen LogP contribution in [0.5, 0.6) is 11.5 Å². The van der Waals surface area contributed by atoms with Gasteiger partial charge in [-0.05, 0) is 19.1 Å². The minimum absolute atomic E-state index is 0.558. The third kappa shape index (κ3) is 2.73. The van der Waals surface area contributed by atoms with Crippen molar-refractivity contribution in [3.05, 3.63) is 42.4 Å². The number of benzene rings is 1. The summed E-state index contributed by atoms with van der Waals surface area (Å²) < 4.78 is 14.5. The molecule has 1 N–H and O–H groups in total. The fourth-order valence-electron chi connectivity index (χ4n) is 2.97. The molecule has 0 saturated carbocycles. The minimum Gasteiger partial charge on any atom is -0.493 e. The maximum atomic E-state index is 5.60. The van der Waals surface area contributed by atoms with Gasteiger partial charge in [0.15, 0.2) is 29.0 Å². The Kier molecular flexibility index (Phi) is 4.11. The van der Waals surface area contributed by atoms with Crippen LogP contribution < -0.4 is 9.47 Å². The summed E-state index contributed by atoms with van der Waals surface area (Å²) in [4.78, 5) is 4.78. The molecule has 0 atom stereocenters. The summed E-state index contributed by atoms with van der Waals surface area (Å²) in [5.41, 5.74) is 2.48. The summed E-state index contributed by atoms with van der Waals surface area (Å²) in [6.07, 6.45) is 3.43. The zero-order chi connectivity index (χ0) is 19.0. The summed E-state index contributed by atoms with van der Waals surface area (Å²) in [7, 11) is 5.06. The maximum absolute atomic E-state index is 5.60. The first kappa shape index (κ1) is 16.8. The predicted molar refractivity (Wildman–Crippen MR) is 99.0 cm³/mol. The van der Waals surface area contributed by atoms with Crippen LogP contribution in [0.4, 0.5) is 0 Å². The lowest BCUT2D eigenvalue weighted by Crippen LogP contribution is -2.07. The second-order valence-electron chi connectivity index (χ2n) is 5.93. The first-order valence-corrected chi connectivity index (χ1v) is 8.31. The average molecular weight is 365 g/mol. The molecule has 138 valence electrons. The van der Waals surface area contributed by atoms with Gasteiger partial charge in [-0.1, -0.05) is 6.07 Å². The van der Waals surface area contributed by atoms with Crippen molar-refractivity contribution in [2.45, 2.75) is 6.92 Å². The summed E-state index contributed by atoms with van der Waals surface area (Å²) in [6, 6.07) is 7.52. The molecule has 0 fully saturated rings. The summed E-state index contributed by atoms with van der Waals surface area (Å²) in [5.74, 6) is 3.16. The summed E-state index contributed by atoms with van der Waals surface area (Å²) >= 11 is 0. The fraction of sp³-hybridized carbons (Fsp3) is 0.222. The molecule has 9 nitrogen and oxygen atoms in total. The number of hydrogen-bond donors (Lipinski definition) is 1. The molecule has 0 bridgehead atoms. The first-order valence-electron chi connectivity index (χ1n) is 8.31. The number of rotatable bonds is 5. The van der Waals surface area contributed by atoms with Gasteiger partial charge in [-0.3, -0.25) is 9.78 Å². The lowest BCUT2D eigenvalue weighted by molar-refractivity contribution is 0.356. The Bertz CT molecular complexity index is 1090. The first-order chi connectivity index (χ1) is 13.1. The van der Waals surface area contributed by atoms with Crippen molar-refractivity contribution in [2.75, 3.05) is 14.2 Å². The number of aryl methyl sites for hydroxylation is 2. The Morgan fingerprint density at radius 2 is 1.93 bits per heavy atom. The molecule has 0 aliphatic heterocycles. The van der Waals surface area contributed by atoms with Gasteiger partial charge in [-0.25, -0.2) is 4.98 Å². The summed E-state index contributed by atoms with van der Waals surface area (Å²) in [5, 5.41) is 16.0. The Morgan fingerprint density at radius 1 is 1.07 bits per heavy atom. The lowest BCUT2D eigenvalue weighted by atomic mass is 10.1. The number of para-hydroxylation sites is 1. The molecule has 3 heterocycles. The summed E-state index contributed by atoms with van der Waals surface area (Å²) in [6.45, 7) is 1.93. The van der Waals surface area contributed by atoms with Gasteiger partial charge in [0.25, 0.3) is 0 Å². The van der Waals surface area contributed by atoms with Crippen LogP contribution in [0, 0.1) is 6.92 Å². The molecule has 4 aromatic rings. The van der Waals surface area contributed by atoms with Crippen molar-refractivity contribution in [3.63, 3.8) is 0 Å². The lowest BCUT2D eigenvalue weighted by Gasteiger charge is -2.12. The molecular formula is C18H19N7O2. The maximum Gasteiger partial charge on any atom is 0.185 e. The molecule has 0 unspecified atom stereocenters. The highest BCUT2D eigenvalue weighted by molar-refractivity contribution is 5.72. The van der Waals surface area contributed by atoms with E-state index in [-0.39, 0.29) is 0 Å². The topological polar surface area (TPSA) is 95.7 Å². The Hall–Kier alpha value is -3.62. The van der Waals surface area contributed by atoms with Crippen LogP contribution in [0.25, 0.3) is 28.6 Å². The van der Waals surface area contributed by atoms with E-state index in [4.69, 9.17) is 19.6 Å². The van der Waals surface area contributed by atoms with Crippen molar-refractivity contribution in [3.8, 4) is 40.1 Å². The monoisotopic (exact) mass is 365 g/mol. The number of aromatic nitrogens is 7. The standard InChI is InChI=1S/C18H19N7O2/c1-11-13(10-19-22-11)17-21-18(25(23-17)15-8-9-20-24(15)2)12-6-5-7-14(26-3)16(12)27-4/h5-10H,1-4H3,(H,19,22). The fourth-order valence-corrected chi connectivity index (χ4v) is 2.97. The van der Waals surface area contributed by atoms with E-state index < -0.39 is 0 Å². The van der Waals surface area contributed by atoms with E-state index in [1.54, 1.807) is 36.0 Å². The molecular weight excluding hydrogens is 346 g/mol. The SMILES string of the molecule is COc1cccc(-c2nc(-c3cn[nH]c3C)nn2-c2ccnn2C)c1OC. The molecule has 1 aromatic carbocycles. The van der Waals surface area contributed by atoms with Gasteiger partial charge >= 0.3 is 0 Å². The minimum atomic E-state index is 0.558. The van der Waals surface area contributed by atoms with E-state index in [0.717, 1.165) is 22.6 Å². The molecule has 9 heteroatoms. The highest BCUT2D eigenvalue weighted by Crippen LogP contribution is 2.38. The van der Waals surface area contributed by atoms with Crippen molar-refractivity contribution in [1.82, 2.24) is 34.7 Å². The Labute approximate surface area is 155 Å². The smallest absolute Gasteiger partial charge is 0.185 e. The normalized spacial score (nSPS) is 11.0. The van der Waals surface area contributed by atoms with Crippen molar-refractivity contribution < 1.29 is 9.47 Å². The van der Waals surface area contributed by atoms with Gasteiger partial charge in [0.2, 0.25) is 0 Å². The van der Waals surface area contributed by atoms with Crippen LogP contribution in [0.1, 0.15) is 5.69 Å². The van der Waals surface area contributed by atoms with E-state index in [0.29, 0.717) is 23.1 Å². The molecule has 0 aliphatic rings. The van der Waals surface area contributed by atoms with Crippen LogP contribution in [0.3, 0.4) is 0 Å². The van der Waals surface area contributed by atoms with E-state index in [9.17, 15) is 0 Å². The van der Waals surface area contributed by atoms with Crippen LogP contribution in [-0.4, -0.2) is 49.0 Å². The largest absolute Gasteiger partial charge is 0.493 e. The number of H-pyrrole nitrogens is 1. The van der Waals surface area contributed by atoms with Crippen molar-refractivity contribution in [1.29, 1.82) is 0 Å². The van der Waals surface area contributed by atoms with Gasteiger partial charge in [-0.15, -0.1) is 5.10 Å². The number of ether oxygens (including phenoxy) is 2. The molecule has 0 saturated heterocycles.